The fourth-order valence-corrected chi connectivity index (χ4v) is 8.50. The number of amides is 3. The lowest BCUT2D eigenvalue weighted by Crippen LogP contribution is -2.58. The van der Waals surface area contributed by atoms with Crippen molar-refractivity contribution >= 4 is 35.3 Å². The molecule has 318 valence electrons. The zero-order valence-electron chi connectivity index (χ0n) is 32.7. The number of hydrogen-bond donors (Lipinski definition) is 7. The summed E-state index contributed by atoms with van der Waals surface area (Å²) in [7, 11) is 1.30. The van der Waals surface area contributed by atoms with Gasteiger partial charge in [-0.25, -0.2) is 4.79 Å². The summed E-state index contributed by atoms with van der Waals surface area (Å²) < 4.78 is 22.7. The number of carbonyl (C=O) groups is 6. The number of hydrogen-bond acceptors (Lipinski definition) is 15. The molecule has 3 aromatic carbocycles. The maximum atomic E-state index is 14.0. The summed E-state index contributed by atoms with van der Waals surface area (Å²) in [5.41, 5.74) is -3.48. The molecular weight excluding hydrogens is 786 g/mol. The van der Waals surface area contributed by atoms with E-state index < -0.39 is 126 Å². The molecule has 0 unspecified atom stereocenters. The van der Waals surface area contributed by atoms with E-state index >= 15 is 0 Å². The lowest BCUT2D eigenvalue weighted by atomic mass is 9.72. The minimum atomic E-state index is -2.38. The van der Waals surface area contributed by atoms with Gasteiger partial charge in [0.2, 0.25) is 17.6 Å². The quantitative estimate of drug-likeness (QED) is 0.104. The molecule has 7 rings (SSSR count). The summed E-state index contributed by atoms with van der Waals surface area (Å²) in [5, 5.41) is 61.2. The molecule has 18 nitrogen and oxygen atoms in total. The number of likely N-dealkylation sites (tertiary alicyclic amines) is 1. The predicted octanol–water partition coefficient (Wildman–Crippen LogP) is 1.08. The molecule has 3 aromatic rings. The van der Waals surface area contributed by atoms with Crippen molar-refractivity contribution in [2.24, 2.45) is 0 Å². The lowest BCUT2D eigenvalue weighted by Gasteiger charge is -2.43. The molecule has 18 heteroatoms. The fraction of sp³-hybridized carbons (Fsp3) is 0.429. The number of fused-ring (bicyclic) bond motifs is 3. The highest BCUT2D eigenvalue weighted by molar-refractivity contribution is 6.31. The van der Waals surface area contributed by atoms with Crippen LogP contribution in [-0.4, -0.2) is 129 Å². The maximum Gasteiger partial charge on any atom is 0.407 e. The van der Waals surface area contributed by atoms with Crippen LogP contribution >= 0.6 is 0 Å². The number of phenols is 2. The second kappa shape index (κ2) is 17.0. The predicted molar refractivity (Wildman–Crippen MR) is 205 cm³/mol. The van der Waals surface area contributed by atoms with Crippen molar-refractivity contribution in [2.75, 3.05) is 26.8 Å². The topological polar surface area (TPSA) is 268 Å². The summed E-state index contributed by atoms with van der Waals surface area (Å²) in [5.74, 6) is -5.34. The minimum Gasteiger partial charge on any atom is -0.507 e. The third-order valence-electron chi connectivity index (χ3n) is 11.6. The Kier molecular flexibility index (Phi) is 11.9. The van der Waals surface area contributed by atoms with Crippen LogP contribution < -0.4 is 15.4 Å². The number of ether oxygens (including phenoxy) is 4. The Balaban J connectivity index is 1.09. The summed E-state index contributed by atoms with van der Waals surface area (Å²) >= 11 is 0. The number of carbonyl (C=O) groups excluding carboxylic acids is 6. The van der Waals surface area contributed by atoms with Crippen LogP contribution in [0.4, 0.5) is 4.79 Å². The molecule has 2 aliphatic carbocycles. The molecular formula is C42H45N3O15. The molecule has 7 N–H and O–H groups in total. The normalized spacial score (nSPS) is 25.7. The summed E-state index contributed by atoms with van der Waals surface area (Å²) in [6.07, 6.45) is -6.64. The molecule has 2 heterocycles. The van der Waals surface area contributed by atoms with Gasteiger partial charge in [-0.3, -0.25) is 24.0 Å². The number of aromatic hydroxyl groups is 2. The van der Waals surface area contributed by atoms with Crippen molar-refractivity contribution < 1.29 is 73.2 Å². The van der Waals surface area contributed by atoms with Crippen LogP contribution in [0, 0.1) is 0 Å². The Bertz CT molecular complexity index is 2230. The van der Waals surface area contributed by atoms with E-state index in [1.165, 1.54) is 37.1 Å². The van der Waals surface area contributed by atoms with Gasteiger partial charge >= 0.3 is 6.09 Å². The number of methoxy groups -OCH3 is 1. The Morgan fingerprint density at radius 3 is 2.43 bits per heavy atom. The Morgan fingerprint density at radius 2 is 1.72 bits per heavy atom. The van der Waals surface area contributed by atoms with Gasteiger partial charge in [-0.05, 0) is 31.4 Å². The number of Topliss-reactive ketones (excluding diaryl/α,β-unsaturated/α-hetero) is 1. The van der Waals surface area contributed by atoms with Crippen LogP contribution in [0.3, 0.4) is 0 Å². The highest BCUT2D eigenvalue weighted by Crippen LogP contribution is 2.52. The van der Waals surface area contributed by atoms with Gasteiger partial charge in [-0.15, -0.1) is 0 Å². The molecule has 2 fully saturated rings. The molecule has 2 saturated heterocycles. The van der Waals surface area contributed by atoms with Gasteiger partial charge in [-0.2, -0.15) is 0 Å². The standard InChI is InChI=1S/C42H45N3O15/c1-20-35(49)24(44-40(54)25-11-7-13-45(25)29(48)17-43-41(55)58-19-21-8-4-3-5-9-21)14-30(59-20)60-27-16-42(56,28(47)18-46)15-23-32(27)39(53)34-33(37(23)51)36(50)22-10-6-12-26(57-2)31(22)38(34)52/h3-6,8-10,12,20,24-25,27,30,35,46,49,51,53,56H,7,11,13-19H2,1-2H3,(H,43,55)(H,44,54)/t20-,24-,25-,27-,30+,35+,42-/m0/s1. The van der Waals surface area contributed by atoms with Gasteiger partial charge in [0.05, 0.1) is 42.0 Å². The van der Waals surface area contributed by atoms with Gasteiger partial charge in [0, 0.05) is 42.5 Å². The van der Waals surface area contributed by atoms with Crippen molar-refractivity contribution in [3.05, 3.63) is 87.5 Å². The van der Waals surface area contributed by atoms with Gasteiger partial charge < -0.3 is 60.0 Å². The highest BCUT2D eigenvalue weighted by atomic mass is 16.7. The molecule has 2 aliphatic heterocycles. The fourth-order valence-electron chi connectivity index (χ4n) is 8.50. The second-order valence-corrected chi connectivity index (χ2v) is 15.3. The number of benzene rings is 3. The Labute approximate surface area is 343 Å². The lowest BCUT2D eigenvalue weighted by molar-refractivity contribution is -0.249. The highest BCUT2D eigenvalue weighted by Gasteiger charge is 2.50. The first-order valence-corrected chi connectivity index (χ1v) is 19.4. The van der Waals surface area contributed by atoms with E-state index in [2.05, 4.69) is 10.6 Å². The first-order valence-electron chi connectivity index (χ1n) is 19.4. The van der Waals surface area contributed by atoms with E-state index in [0.29, 0.717) is 12.8 Å². The number of aliphatic hydroxyl groups is 3. The van der Waals surface area contributed by atoms with Crippen LogP contribution in [-0.2, 0) is 41.6 Å². The summed E-state index contributed by atoms with van der Waals surface area (Å²) in [6, 6.07) is 11.3. The van der Waals surface area contributed by atoms with Crippen LogP contribution in [0.1, 0.15) is 87.2 Å². The molecule has 4 aliphatic rings. The van der Waals surface area contributed by atoms with Gasteiger partial charge in [0.15, 0.2) is 17.9 Å². The smallest absolute Gasteiger partial charge is 0.407 e. The number of nitrogens with one attached hydrogen (secondary N) is 2. The van der Waals surface area contributed by atoms with Crippen LogP contribution in [0.2, 0.25) is 0 Å². The largest absolute Gasteiger partial charge is 0.507 e. The zero-order valence-corrected chi connectivity index (χ0v) is 32.7. The van der Waals surface area contributed by atoms with Crippen LogP contribution in [0.5, 0.6) is 17.2 Å². The third-order valence-corrected chi connectivity index (χ3v) is 11.6. The number of aliphatic hydroxyl groups excluding tert-OH is 2. The van der Waals surface area contributed by atoms with Crippen LogP contribution in [0.15, 0.2) is 48.5 Å². The minimum absolute atomic E-state index is 0.00195. The van der Waals surface area contributed by atoms with Gasteiger partial charge in [-0.1, -0.05) is 42.5 Å². The SMILES string of the molecule is COc1cccc2c1C(=O)c1c(O)c3c(c(O)c1C2=O)C[C@@](O)(C(=O)CO)C[C@@H]3O[C@@H]1C[C@H](NC(=O)[C@@H]2CCCN2C(=O)CNC(=O)OCc2ccccc2)[C@H](O)[C@H](C)O1. The van der Waals surface area contributed by atoms with E-state index in [-0.39, 0.29) is 47.6 Å². The van der Waals surface area contributed by atoms with Crippen molar-refractivity contribution in [2.45, 2.75) is 87.9 Å². The molecule has 0 bridgehead atoms. The van der Waals surface area contributed by atoms with E-state index in [9.17, 15) is 54.3 Å². The average Bonchev–Trinajstić information content (AvgIpc) is 3.74. The van der Waals surface area contributed by atoms with Crippen molar-refractivity contribution in [1.29, 1.82) is 0 Å². The third kappa shape index (κ3) is 7.79. The van der Waals surface area contributed by atoms with Gasteiger partial charge in [0.25, 0.3) is 0 Å². The summed E-state index contributed by atoms with van der Waals surface area (Å²) in [4.78, 5) is 81.2. The first kappa shape index (κ1) is 42.2. The van der Waals surface area contributed by atoms with Crippen molar-refractivity contribution in [3.8, 4) is 17.2 Å². The number of alkyl carbamates (subject to hydrolysis) is 1. The molecule has 0 saturated carbocycles. The Hall–Kier alpha value is -5.92. The van der Waals surface area contributed by atoms with Crippen LogP contribution in [0.25, 0.3) is 0 Å². The second-order valence-electron chi connectivity index (χ2n) is 15.3. The number of rotatable bonds is 11. The number of nitrogens with zero attached hydrogens (tertiary/aromatic N) is 1. The first-order chi connectivity index (χ1) is 28.7. The van der Waals surface area contributed by atoms with E-state index in [1.54, 1.807) is 24.3 Å². The maximum absolute atomic E-state index is 14.0. The van der Waals surface area contributed by atoms with E-state index in [1.807, 2.05) is 6.07 Å². The zero-order chi connectivity index (χ0) is 43.0. The molecule has 0 radical (unpaired) electrons. The van der Waals surface area contributed by atoms with Crippen molar-refractivity contribution in [3.63, 3.8) is 0 Å². The summed E-state index contributed by atoms with van der Waals surface area (Å²) in [6.45, 7) is 0.205. The molecule has 7 atom stereocenters. The Morgan fingerprint density at radius 1 is 0.983 bits per heavy atom. The molecule has 60 heavy (non-hydrogen) atoms. The molecule has 0 aromatic heterocycles. The monoisotopic (exact) mass is 831 g/mol. The van der Waals surface area contributed by atoms with E-state index in [4.69, 9.17) is 18.9 Å². The van der Waals surface area contributed by atoms with E-state index in [0.717, 1.165) is 5.56 Å². The number of phenolic OH excluding ortho intramolecular Hbond substituents is 2. The number of ketones is 3. The molecule has 3 amide bonds. The molecule has 0 spiro atoms. The van der Waals surface area contributed by atoms with Crippen molar-refractivity contribution in [1.82, 2.24) is 15.5 Å². The average molecular weight is 832 g/mol. The van der Waals surface area contributed by atoms with Gasteiger partial charge in [0.1, 0.15) is 54.8 Å².